The lowest BCUT2D eigenvalue weighted by Crippen LogP contribution is -2.40. The molecule has 0 spiro atoms. The minimum atomic E-state index is -0.686. The molecule has 1 amide bonds. The minimum absolute atomic E-state index is 0.428. The number of halogens is 1. The molecule has 5 heteroatoms. The smallest absolute Gasteiger partial charge is 0.418 e. The summed E-state index contributed by atoms with van der Waals surface area (Å²) in [6.07, 6.45) is 1.26. The average Bonchev–Trinajstić information content (AvgIpc) is 2.66. The van der Waals surface area contributed by atoms with Gasteiger partial charge in [-0.25, -0.2) is 9.69 Å². The Morgan fingerprint density at radius 1 is 1.67 bits per heavy atom. The van der Waals surface area contributed by atoms with Gasteiger partial charge in [-0.3, -0.25) is 0 Å². The van der Waals surface area contributed by atoms with Crippen molar-refractivity contribution in [3.05, 3.63) is 36.9 Å². The van der Waals surface area contributed by atoms with E-state index < -0.39 is 17.9 Å². The van der Waals surface area contributed by atoms with Crippen molar-refractivity contribution >= 4 is 23.4 Å². The maximum absolute atomic E-state index is 12.0. The molecule has 0 aromatic heterocycles. The number of rotatable bonds is 3. The van der Waals surface area contributed by atoms with Gasteiger partial charge in [0, 0.05) is 6.42 Å². The summed E-state index contributed by atoms with van der Waals surface area (Å²) in [4.78, 5) is 13.5. The molecule has 1 aliphatic rings. The van der Waals surface area contributed by atoms with Crippen molar-refractivity contribution in [2.24, 2.45) is 0 Å². The van der Waals surface area contributed by atoms with Crippen molar-refractivity contribution in [1.29, 1.82) is 0 Å². The number of carbonyl (C=O) groups is 1. The van der Waals surface area contributed by atoms with E-state index in [1.807, 2.05) is 18.2 Å². The summed E-state index contributed by atoms with van der Waals surface area (Å²) < 4.78 is 10.7. The van der Waals surface area contributed by atoms with Crippen LogP contribution in [0.2, 0.25) is 0 Å². The first-order chi connectivity index (χ1) is 8.63. The minimum Gasteiger partial charge on any atom is -0.467 e. The van der Waals surface area contributed by atoms with E-state index in [1.54, 1.807) is 19.1 Å². The van der Waals surface area contributed by atoms with Gasteiger partial charge in [-0.2, -0.15) is 0 Å². The first-order valence-corrected chi connectivity index (χ1v) is 6.07. The first-order valence-electron chi connectivity index (χ1n) is 5.64. The normalized spacial score (nSPS) is 18.8. The Kier molecular flexibility index (Phi) is 3.77. The van der Waals surface area contributed by atoms with Gasteiger partial charge in [0.1, 0.15) is 5.75 Å². The fourth-order valence-electron chi connectivity index (χ4n) is 1.82. The summed E-state index contributed by atoms with van der Waals surface area (Å²) in [5.74, 6) is 0.656. The quantitative estimate of drug-likeness (QED) is 0.621. The van der Waals surface area contributed by atoms with Crippen LogP contribution in [0.5, 0.6) is 5.75 Å². The van der Waals surface area contributed by atoms with E-state index in [1.165, 1.54) is 4.90 Å². The molecule has 1 aromatic rings. The lowest BCUT2D eigenvalue weighted by atomic mass is 10.3. The second kappa shape index (κ2) is 5.31. The highest BCUT2D eigenvalue weighted by atomic mass is 35.5. The molecule has 2 unspecified atom stereocenters. The number of amides is 1. The first kappa shape index (κ1) is 12.8. The number of carbonyl (C=O) groups excluding carboxylic acids is 1. The van der Waals surface area contributed by atoms with Crippen LogP contribution in [0.3, 0.4) is 0 Å². The number of hydrogen-bond acceptors (Lipinski definition) is 3. The third kappa shape index (κ3) is 2.43. The summed E-state index contributed by atoms with van der Waals surface area (Å²) in [5, 5.41) is 0. The second-order valence-electron chi connectivity index (χ2n) is 3.86. The number of para-hydroxylation sites is 2. The molecule has 0 fully saturated rings. The number of anilines is 1. The van der Waals surface area contributed by atoms with Gasteiger partial charge in [0.15, 0.2) is 11.8 Å². The summed E-state index contributed by atoms with van der Waals surface area (Å²) in [7, 11) is 0. The molecule has 0 N–H and O–H groups in total. The zero-order valence-corrected chi connectivity index (χ0v) is 10.8. The lowest BCUT2D eigenvalue weighted by Gasteiger charge is -2.22. The predicted molar refractivity (Wildman–Crippen MR) is 69.9 cm³/mol. The van der Waals surface area contributed by atoms with Crippen molar-refractivity contribution in [1.82, 2.24) is 0 Å². The molecule has 1 heterocycles. The van der Waals surface area contributed by atoms with Crippen LogP contribution < -0.4 is 9.64 Å². The van der Waals surface area contributed by atoms with Crippen LogP contribution in [-0.2, 0) is 4.74 Å². The standard InChI is InChI=1S/C13H14ClNO3/c1-3-6-12-15(13(16)17-9(2)14)10-7-4-5-8-11(10)18-12/h3-5,7-9,12H,1,6H2,2H3. The zero-order chi connectivity index (χ0) is 13.1. The highest BCUT2D eigenvalue weighted by Crippen LogP contribution is 2.38. The highest BCUT2D eigenvalue weighted by Gasteiger charge is 2.36. The van der Waals surface area contributed by atoms with Gasteiger partial charge in [0.25, 0.3) is 0 Å². The topological polar surface area (TPSA) is 38.8 Å². The van der Waals surface area contributed by atoms with E-state index in [0.717, 1.165) is 0 Å². The highest BCUT2D eigenvalue weighted by molar-refractivity contribution is 6.20. The van der Waals surface area contributed by atoms with Gasteiger partial charge in [-0.05, 0) is 19.1 Å². The fourth-order valence-corrected chi connectivity index (χ4v) is 1.89. The van der Waals surface area contributed by atoms with Crippen LogP contribution in [0.15, 0.2) is 36.9 Å². The van der Waals surface area contributed by atoms with Gasteiger partial charge in [0.05, 0.1) is 5.69 Å². The predicted octanol–water partition coefficient (Wildman–Crippen LogP) is 3.51. The lowest BCUT2D eigenvalue weighted by molar-refractivity contribution is 0.132. The molecule has 1 aliphatic heterocycles. The Hall–Kier alpha value is -1.68. The largest absolute Gasteiger partial charge is 0.467 e. The van der Waals surface area contributed by atoms with Gasteiger partial charge >= 0.3 is 6.09 Å². The summed E-state index contributed by atoms with van der Waals surface area (Å²) in [6.45, 7) is 5.24. The average molecular weight is 268 g/mol. The SMILES string of the molecule is C=CCC1Oc2ccccc2N1C(=O)OC(C)Cl. The van der Waals surface area contributed by atoms with E-state index >= 15 is 0 Å². The van der Waals surface area contributed by atoms with Crippen LogP contribution in [0.25, 0.3) is 0 Å². The Morgan fingerprint density at radius 2 is 2.39 bits per heavy atom. The molecular weight excluding hydrogens is 254 g/mol. The number of ether oxygens (including phenoxy) is 2. The van der Waals surface area contributed by atoms with Gasteiger partial charge in [0.2, 0.25) is 0 Å². The third-order valence-corrected chi connectivity index (χ3v) is 2.59. The van der Waals surface area contributed by atoms with Crippen LogP contribution in [0, 0.1) is 0 Å². The van der Waals surface area contributed by atoms with E-state index in [2.05, 4.69) is 6.58 Å². The molecule has 18 heavy (non-hydrogen) atoms. The van der Waals surface area contributed by atoms with Crippen LogP contribution >= 0.6 is 11.6 Å². The van der Waals surface area contributed by atoms with Gasteiger partial charge in [-0.1, -0.05) is 29.8 Å². The molecule has 4 nitrogen and oxygen atoms in total. The summed E-state index contributed by atoms with van der Waals surface area (Å²) >= 11 is 5.67. The van der Waals surface area contributed by atoms with E-state index in [4.69, 9.17) is 21.1 Å². The fraction of sp³-hybridized carbons (Fsp3) is 0.308. The van der Waals surface area contributed by atoms with Crippen LogP contribution in [0.1, 0.15) is 13.3 Å². The molecule has 0 saturated carbocycles. The van der Waals surface area contributed by atoms with Crippen molar-refractivity contribution in [2.75, 3.05) is 4.90 Å². The molecular formula is C13H14ClNO3. The molecule has 0 aliphatic carbocycles. The Labute approximate surface area is 111 Å². The second-order valence-corrected chi connectivity index (χ2v) is 4.48. The van der Waals surface area contributed by atoms with Crippen molar-refractivity contribution in [3.8, 4) is 5.75 Å². The Morgan fingerprint density at radius 3 is 3.06 bits per heavy atom. The number of fused-ring (bicyclic) bond motifs is 1. The summed E-state index contributed by atoms with van der Waals surface area (Å²) in [5.41, 5.74) is 0.00121. The Balaban J connectivity index is 2.28. The van der Waals surface area contributed by atoms with Crippen molar-refractivity contribution in [2.45, 2.75) is 25.1 Å². The van der Waals surface area contributed by atoms with E-state index in [9.17, 15) is 4.79 Å². The molecule has 0 bridgehead atoms. The molecule has 0 radical (unpaired) electrons. The maximum atomic E-state index is 12.0. The van der Waals surface area contributed by atoms with Crippen molar-refractivity contribution < 1.29 is 14.3 Å². The number of hydrogen-bond donors (Lipinski definition) is 0. The molecule has 1 aromatic carbocycles. The maximum Gasteiger partial charge on any atom is 0.418 e. The monoisotopic (exact) mass is 267 g/mol. The van der Waals surface area contributed by atoms with E-state index in [-0.39, 0.29) is 0 Å². The molecule has 2 rings (SSSR count). The molecule has 96 valence electrons. The van der Waals surface area contributed by atoms with Crippen LogP contribution in [-0.4, -0.2) is 17.9 Å². The summed E-state index contributed by atoms with van der Waals surface area (Å²) in [6, 6.07) is 7.30. The van der Waals surface area contributed by atoms with Crippen LogP contribution in [0.4, 0.5) is 10.5 Å². The molecule has 2 atom stereocenters. The zero-order valence-electron chi connectivity index (χ0n) is 10.0. The Bertz CT molecular complexity index is 461. The van der Waals surface area contributed by atoms with Gasteiger partial charge in [-0.15, -0.1) is 6.58 Å². The number of nitrogens with zero attached hydrogens (tertiary/aromatic N) is 1. The third-order valence-electron chi connectivity index (χ3n) is 2.50. The number of benzene rings is 1. The van der Waals surface area contributed by atoms with Crippen molar-refractivity contribution in [3.63, 3.8) is 0 Å². The van der Waals surface area contributed by atoms with E-state index in [0.29, 0.717) is 17.9 Å². The van der Waals surface area contributed by atoms with Gasteiger partial charge < -0.3 is 9.47 Å². The number of alkyl halides is 1. The molecule has 0 saturated heterocycles.